The van der Waals surface area contributed by atoms with Crippen LogP contribution in [0.4, 0.5) is 9.59 Å². The van der Waals surface area contributed by atoms with E-state index in [4.69, 9.17) is 0 Å². The van der Waals surface area contributed by atoms with Crippen LogP contribution in [0.2, 0.25) is 0 Å². The van der Waals surface area contributed by atoms with Gasteiger partial charge in [-0.2, -0.15) is 0 Å². The molecule has 0 atom stereocenters. The van der Waals surface area contributed by atoms with E-state index in [1.54, 1.807) is 0 Å². The largest absolute Gasteiger partial charge is 0.468 e. The quantitative estimate of drug-likeness (QED) is 0.480. The Morgan fingerprint density at radius 1 is 0.900 bits per heavy atom. The molecule has 2 amide bonds. The van der Waals surface area contributed by atoms with Crippen molar-refractivity contribution in [2.24, 2.45) is 0 Å². The Hall–Kier alpha value is -2.66. The average Bonchev–Trinajstić information content (AvgIpc) is 2.33. The molecule has 12 nitrogen and oxygen atoms in total. The smallest absolute Gasteiger partial charge is 0.446 e. The first-order valence-electron chi connectivity index (χ1n) is 5.52. The van der Waals surface area contributed by atoms with Gasteiger partial charge < -0.3 is 9.47 Å². The summed E-state index contributed by atoms with van der Waals surface area (Å²) in [6.45, 7) is 1.26. The molecule has 0 aliphatic carbocycles. The van der Waals surface area contributed by atoms with E-state index < -0.39 is 35.3 Å². The lowest BCUT2D eigenvalue weighted by Crippen LogP contribution is -2.46. The van der Waals surface area contributed by atoms with E-state index >= 15 is 0 Å². The van der Waals surface area contributed by atoms with Gasteiger partial charge in [-0.05, 0) is 23.9 Å². The van der Waals surface area contributed by atoms with E-state index in [2.05, 4.69) is 9.47 Å². The fraction of sp³-hybridized carbons (Fsp3) is 0.750. The number of hydrogen-bond donors (Lipinski definition) is 0. The number of hydrazine groups is 2. The summed E-state index contributed by atoms with van der Waals surface area (Å²) in [5.41, 5.74) is 0. The minimum absolute atomic E-state index is 0.0270. The molecule has 0 aromatic rings. The third-order valence-corrected chi connectivity index (χ3v) is 1.87. The normalized spacial score (nSPS) is 9.50. The fourth-order valence-electron chi connectivity index (χ4n) is 1.06. The first-order valence-corrected chi connectivity index (χ1v) is 5.52. The minimum atomic E-state index is -1.27. The number of carbonyl (C=O) groups excluding carboxylic acids is 2. The van der Waals surface area contributed by atoms with Gasteiger partial charge in [-0.3, -0.25) is 0 Å². The first kappa shape index (κ1) is 17.3. The highest BCUT2D eigenvalue weighted by Crippen LogP contribution is 1.99. The van der Waals surface area contributed by atoms with Gasteiger partial charge in [0.15, 0.2) is 10.1 Å². The van der Waals surface area contributed by atoms with Gasteiger partial charge in [-0.1, -0.05) is 0 Å². The maximum absolute atomic E-state index is 11.2. The third-order valence-electron chi connectivity index (χ3n) is 1.87. The van der Waals surface area contributed by atoms with Crippen molar-refractivity contribution >= 4 is 12.2 Å². The molecular weight excluding hydrogens is 280 g/mol. The number of nitro groups is 2. The van der Waals surface area contributed by atoms with Crippen LogP contribution in [0.3, 0.4) is 0 Å². The fourth-order valence-corrected chi connectivity index (χ4v) is 1.06. The van der Waals surface area contributed by atoms with Gasteiger partial charge in [-0.15, -0.1) is 0 Å². The Bertz CT molecular complexity index is 351. The zero-order chi connectivity index (χ0) is 15.7. The molecule has 0 spiro atoms. The van der Waals surface area contributed by atoms with Crippen LogP contribution >= 0.6 is 0 Å². The predicted molar refractivity (Wildman–Crippen MR) is 61.4 cm³/mol. The Morgan fingerprint density at radius 2 is 1.20 bits per heavy atom. The summed E-state index contributed by atoms with van der Waals surface area (Å²) in [5, 5.41) is 19.1. The van der Waals surface area contributed by atoms with Gasteiger partial charge >= 0.3 is 12.2 Å². The minimum Gasteiger partial charge on any atom is -0.446 e. The van der Waals surface area contributed by atoms with Crippen LogP contribution < -0.4 is 0 Å². The van der Waals surface area contributed by atoms with Gasteiger partial charge in [0.1, 0.15) is 13.1 Å². The second kappa shape index (κ2) is 8.44. The summed E-state index contributed by atoms with van der Waals surface area (Å²) >= 11 is 0. The highest BCUT2D eigenvalue weighted by Gasteiger charge is 2.32. The summed E-state index contributed by atoms with van der Waals surface area (Å²) in [6.07, 6.45) is -2.55. The number of carbonyl (C=O) groups is 2. The Labute approximate surface area is 113 Å². The Morgan fingerprint density at radius 3 is 1.40 bits per heavy atom. The van der Waals surface area contributed by atoms with Crippen molar-refractivity contribution in [3.8, 4) is 0 Å². The number of amides is 2. The molecule has 0 aromatic heterocycles. The van der Waals surface area contributed by atoms with E-state index in [-0.39, 0.29) is 23.2 Å². The molecule has 0 fully saturated rings. The topological polar surface area (TPSA) is 145 Å². The monoisotopic (exact) mass is 294 g/mol. The van der Waals surface area contributed by atoms with Crippen LogP contribution in [0.1, 0.15) is 13.8 Å². The second-order valence-corrected chi connectivity index (χ2v) is 3.12. The molecule has 0 aromatic carbocycles. The zero-order valence-electron chi connectivity index (χ0n) is 10.9. The molecule has 0 saturated heterocycles. The first-order chi connectivity index (χ1) is 9.34. The van der Waals surface area contributed by atoms with E-state index in [0.29, 0.717) is 0 Å². The molecule has 12 heteroatoms. The lowest BCUT2D eigenvalue weighted by molar-refractivity contribution is -0.652. The zero-order valence-corrected chi connectivity index (χ0v) is 10.9. The lowest BCUT2D eigenvalue weighted by Gasteiger charge is -2.14. The number of ether oxygens (including phenoxy) is 2. The SMILES string of the molecule is CCOC(=O)N(CCN(C(=O)OCC)[N+](=O)[O-])[N+](=O)[O-]. The summed E-state index contributed by atoms with van der Waals surface area (Å²) in [5.74, 6) is 0. The molecule has 0 aliphatic heterocycles. The molecule has 0 bridgehead atoms. The van der Waals surface area contributed by atoms with Gasteiger partial charge in [-0.25, -0.2) is 29.8 Å². The summed E-state index contributed by atoms with van der Waals surface area (Å²) < 4.78 is 8.81. The van der Waals surface area contributed by atoms with Crippen LogP contribution in [0.5, 0.6) is 0 Å². The van der Waals surface area contributed by atoms with Crippen molar-refractivity contribution in [1.82, 2.24) is 10.0 Å². The highest BCUT2D eigenvalue weighted by atomic mass is 16.7. The molecule has 0 aliphatic rings. The molecule has 114 valence electrons. The Balaban J connectivity index is 4.71. The second-order valence-electron chi connectivity index (χ2n) is 3.12. The standard InChI is InChI=1S/C8H14N4O8/c1-3-19-7(13)9(11(15)16)5-6-10(12(17)18)8(14)20-4-2/h3-6H2,1-2H3. The van der Waals surface area contributed by atoms with Crippen molar-refractivity contribution in [2.45, 2.75) is 13.8 Å². The summed E-state index contributed by atoms with van der Waals surface area (Å²) in [7, 11) is 0. The van der Waals surface area contributed by atoms with Crippen molar-refractivity contribution in [3.63, 3.8) is 0 Å². The average molecular weight is 294 g/mol. The number of nitrogens with zero attached hydrogens (tertiary/aromatic N) is 4. The van der Waals surface area contributed by atoms with E-state index in [1.807, 2.05) is 0 Å². The predicted octanol–water partition coefficient (Wildman–Crippen LogP) is 0.287. The van der Waals surface area contributed by atoms with E-state index in [0.717, 1.165) is 0 Å². The Kier molecular flexibility index (Phi) is 7.32. The van der Waals surface area contributed by atoms with Crippen molar-refractivity contribution in [2.75, 3.05) is 26.3 Å². The molecule has 0 heterocycles. The van der Waals surface area contributed by atoms with Crippen LogP contribution in [0.25, 0.3) is 0 Å². The van der Waals surface area contributed by atoms with Gasteiger partial charge in [0.2, 0.25) is 0 Å². The number of hydrogen-bond acceptors (Lipinski definition) is 8. The maximum atomic E-state index is 11.2. The molecule has 0 radical (unpaired) electrons. The van der Waals surface area contributed by atoms with Gasteiger partial charge in [0.05, 0.1) is 13.2 Å². The maximum Gasteiger partial charge on any atom is 0.468 e. The van der Waals surface area contributed by atoms with Crippen molar-refractivity contribution in [3.05, 3.63) is 20.2 Å². The molecule has 20 heavy (non-hydrogen) atoms. The van der Waals surface area contributed by atoms with Crippen LogP contribution in [0.15, 0.2) is 0 Å². The van der Waals surface area contributed by atoms with Crippen molar-refractivity contribution < 1.29 is 29.1 Å². The number of rotatable bonds is 7. The van der Waals surface area contributed by atoms with Crippen LogP contribution in [-0.2, 0) is 9.47 Å². The van der Waals surface area contributed by atoms with E-state index in [1.165, 1.54) is 13.8 Å². The van der Waals surface area contributed by atoms with Crippen LogP contribution in [-0.4, -0.2) is 58.6 Å². The van der Waals surface area contributed by atoms with Gasteiger partial charge in [0.25, 0.3) is 0 Å². The summed E-state index contributed by atoms with van der Waals surface area (Å²) in [4.78, 5) is 43.7. The molecule has 0 unspecified atom stereocenters. The molecule has 0 rings (SSSR count). The lowest BCUT2D eigenvalue weighted by atomic mass is 10.6. The van der Waals surface area contributed by atoms with Gasteiger partial charge in [0, 0.05) is 0 Å². The van der Waals surface area contributed by atoms with Crippen molar-refractivity contribution in [1.29, 1.82) is 0 Å². The third kappa shape index (κ3) is 5.32. The molecule has 0 saturated carbocycles. The molecule has 0 N–H and O–H groups in total. The molecular formula is C8H14N4O8. The van der Waals surface area contributed by atoms with E-state index in [9.17, 15) is 29.8 Å². The summed E-state index contributed by atoms with van der Waals surface area (Å²) in [6, 6.07) is 0. The highest BCUT2D eigenvalue weighted by molar-refractivity contribution is 5.67. The van der Waals surface area contributed by atoms with Crippen LogP contribution in [0, 0.1) is 20.2 Å².